The summed E-state index contributed by atoms with van der Waals surface area (Å²) in [6.45, 7) is 11.4. The predicted octanol–water partition coefficient (Wildman–Crippen LogP) is 0.896. The van der Waals surface area contributed by atoms with Crippen molar-refractivity contribution in [2.75, 3.05) is 46.3 Å². The Kier molecular flexibility index (Phi) is 6.51. The number of nitrogens with one attached hydrogen (secondary N) is 2. The quantitative estimate of drug-likeness (QED) is 0.449. The second kappa shape index (κ2) is 8.39. The lowest BCUT2D eigenvalue weighted by atomic mass is 10.2. The standard InChI is InChI=1S/C16H31N5/c1-4-20-9-11-21(12-10-20)14(2)13-18-16(17-3)19-15-7-5-6-8-15/h5-6,14-15H,4,7-13H2,1-3H3,(H2,17,18,19). The molecular weight excluding hydrogens is 262 g/mol. The van der Waals surface area contributed by atoms with Gasteiger partial charge in [-0.05, 0) is 26.3 Å². The zero-order valence-corrected chi connectivity index (χ0v) is 13.8. The SMILES string of the molecule is CCN1CCN(C(C)CNC(=NC)NC2CC=CC2)CC1. The fourth-order valence-corrected chi connectivity index (χ4v) is 3.02. The summed E-state index contributed by atoms with van der Waals surface area (Å²) in [5.41, 5.74) is 0. The topological polar surface area (TPSA) is 42.9 Å². The Morgan fingerprint density at radius 3 is 2.48 bits per heavy atom. The summed E-state index contributed by atoms with van der Waals surface area (Å²) in [5.74, 6) is 0.933. The molecule has 120 valence electrons. The summed E-state index contributed by atoms with van der Waals surface area (Å²) in [7, 11) is 1.85. The first kappa shape index (κ1) is 16.3. The minimum absolute atomic E-state index is 0.514. The molecule has 2 rings (SSSR count). The number of rotatable bonds is 5. The Morgan fingerprint density at radius 2 is 1.90 bits per heavy atom. The van der Waals surface area contributed by atoms with E-state index in [9.17, 15) is 0 Å². The van der Waals surface area contributed by atoms with E-state index < -0.39 is 0 Å². The van der Waals surface area contributed by atoms with Gasteiger partial charge in [0.2, 0.25) is 0 Å². The summed E-state index contributed by atoms with van der Waals surface area (Å²) in [5, 5.41) is 6.96. The molecular formula is C16H31N5. The Hall–Kier alpha value is -1.07. The average Bonchev–Trinajstić information content (AvgIpc) is 3.04. The molecule has 1 unspecified atom stereocenters. The number of guanidine groups is 1. The van der Waals surface area contributed by atoms with Crippen molar-refractivity contribution < 1.29 is 0 Å². The molecule has 0 aromatic heterocycles. The molecule has 2 N–H and O–H groups in total. The smallest absolute Gasteiger partial charge is 0.191 e. The molecule has 2 aliphatic rings. The van der Waals surface area contributed by atoms with Crippen molar-refractivity contribution in [3.63, 3.8) is 0 Å². The van der Waals surface area contributed by atoms with Crippen LogP contribution in [-0.4, -0.2) is 74.2 Å². The largest absolute Gasteiger partial charge is 0.355 e. The average molecular weight is 293 g/mol. The van der Waals surface area contributed by atoms with Gasteiger partial charge in [0.05, 0.1) is 0 Å². The third-order valence-corrected chi connectivity index (χ3v) is 4.61. The number of piperazine rings is 1. The van der Waals surface area contributed by atoms with Crippen LogP contribution in [0.25, 0.3) is 0 Å². The maximum atomic E-state index is 4.33. The first-order valence-corrected chi connectivity index (χ1v) is 8.31. The van der Waals surface area contributed by atoms with E-state index in [1.54, 1.807) is 0 Å². The van der Waals surface area contributed by atoms with Crippen molar-refractivity contribution in [3.8, 4) is 0 Å². The zero-order valence-electron chi connectivity index (χ0n) is 13.8. The van der Waals surface area contributed by atoms with Crippen LogP contribution in [0.4, 0.5) is 0 Å². The van der Waals surface area contributed by atoms with Crippen LogP contribution < -0.4 is 10.6 Å². The Labute approximate surface area is 129 Å². The van der Waals surface area contributed by atoms with Gasteiger partial charge in [0, 0.05) is 51.9 Å². The normalized spacial score (nSPS) is 23.5. The minimum Gasteiger partial charge on any atom is -0.355 e. The Bertz CT molecular complexity index is 350. The number of nitrogens with zero attached hydrogens (tertiary/aromatic N) is 3. The van der Waals surface area contributed by atoms with Crippen molar-refractivity contribution in [3.05, 3.63) is 12.2 Å². The molecule has 1 fully saturated rings. The van der Waals surface area contributed by atoms with Gasteiger partial charge in [-0.2, -0.15) is 0 Å². The highest BCUT2D eigenvalue weighted by Gasteiger charge is 2.20. The van der Waals surface area contributed by atoms with Gasteiger partial charge in [0.25, 0.3) is 0 Å². The summed E-state index contributed by atoms with van der Waals surface area (Å²) in [6.07, 6.45) is 6.69. The van der Waals surface area contributed by atoms with Crippen LogP contribution >= 0.6 is 0 Å². The van der Waals surface area contributed by atoms with Crippen molar-refractivity contribution in [1.82, 2.24) is 20.4 Å². The molecule has 1 saturated heterocycles. The lowest BCUT2D eigenvalue weighted by Crippen LogP contribution is -2.53. The molecule has 5 nitrogen and oxygen atoms in total. The molecule has 1 aliphatic carbocycles. The van der Waals surface area contributed by atoms with Gasteiger partial charge in [-0.1, -0.05) is 19.1 Å². The highest BCUT2D eigenvalue weighted by atomic mass is 15.3. The van der Waals surface area contributed by atoms with Gasteiger partial charge >= 0.3 is 0 Å². The summed E-state index contributed by atoms with van der Waals surface area (Å²) in [6, 6.07) is 1.06. The maximum absolute atomic E-state index is 4.33. The van der Waals surface area contributed by atoms with Crippen LogP contribution in [0.3, 0.4) is 0 Å². The Balaban J connectivity index is 1.68. The predicted molar refractivity (Wildman–Crippen MR) is 89.8 cm³/mol. The third-order valence-electron chi connectivity index (χ3n) is 4.61. The molecule has 0 saturated carbocycles. The monoisotopic (exact) mass is 293 g/mol. The van der Waals surface area contributed by atoms with Crippen LogP contribution in [0, 0.1) is 0 Å². The number of hydrogen-bond donors (Lipinski definition) is 2. The van der Waals surface area contributed by atoms with E-state index >= 15 is 0 Å². The maximum Gasteiger partial charge on any atom is 0.191 e. The summed E-state index contributed by atoms with van der Waals surface area (Å²) >= 11 is 0. The molecule has 0 aromatic rings. The first-order chi connectivity index (χ1) is 10.2. The Morgan fingerprint density at radius 1 is 1.24 bits per heavy atom. The molecule has 1 heterocycles. The van der Waals surface area contributed by atoms with E-state index in [1.807, 2.05) is 7.05 Å². The van der Waals surface area contributed by atoms with Crippen LogP contribution in [0.5, 0.6) is 0 Å². The van der Waals surface area contributed by atoms with Gasteiger partial charge in [-0.15, -0.1) is 0 Å². The fraction of sp³-hybridized carbons (Fsp3) is 0.812. The number of aliphatic imine (C=N–C) groups is 1. The second-order valence-electron chi connectivity index (χ2n) is 6.06. The van der Waals surface area contributed by atoms with Crippen molar-refractivity contribution >= 4 is 5.96 Å². The molecule has 0 aromatic carbocycles. The van der Waals surface area contributed by atoms with E-state index in [4.69, 9.17) is 0 Å². The lowest BCUT2D eigenvalue weighted by Gasteiger charge is -2.37. The highest BCUT2D eigenvalue weighted by molar-refractivity contribution is 5.80. The molecule has 5 heteroatoms. The molecule has 0 spiro atoms. The van der Waals surface area contributed by atoms with Gasteiger partial charge < -0.3 is 15.5 Å². The van der Waals surface area contributed by atoms with Crippen molar-refractivity contribution in [2.45, 2.75) is 38.8 Å². The summed E-state index contributed by atoms with van der Waals surface area (Å²) in [4.78, 5) is 9.42. The van der Waals surface area contributed by atoms with E-state index in [1.165, 1.54) is 32.7 Å². The fourth-order valence-electron chi connectivity index (χ4n) is 3.02. The van der Waals surface area contributed by atoms with Gasteiger partial charge in [-0.25, -0.2) is 0 Å². The number of hydrogen-bond acceptors (Lipinski definition) is 3. The molecule has 0 bridgehead atoms. The van der Waals surface area contributed by atoms with Crippen molar-refractivity contribution in [2.24, 2.45) is 4.99 Å². The van der Waals surface area contributed by atoms with Crippen LogP contribution in [0.1, 0.15) is 26.7 Å². The number of likely N-dealkylation sites (N-methyl/N-ethyl adjacent to an activating group) is 1. The molecule has 1 atom stereocenters. The first-order valence-electron chi connectivity index (χ1n) is 8.31. The van der Waals surface area contributed by atoms with Crippen LogP contribution in [0.15, 0.2) is 17.1 Å². The van der Waals surface area contributed by atoms with Crippen LogP contribution in [0.2, 0.25) is 0 Å². The second-order valence-corrected chi connectivity index (χ2v) is 6.06. The van der Waals surface area contributed by atoms with E-state index in [0.29, 0.717) is 12.1 Å². The highest BCUT2D eigenvalue weighted by Crippen LogP contribution is 2.09. The lowest BCUT2D eigenvalue weighted by molar-refractivity contribution is 0.107. The van der Waals surface area contributed by atoms with Crippen LogP contribution in [-0.2, 0) is 0 Å². The summed E-state index contributed by atoms with van der Waals surface area (Å²) < 4.78 is 0. The van der Waals surface area contributed by atoms with Gasteiger partial charge in [0.1, 0.15) is 0 Å². The van der Waals surface area contributed by atoms with Gasteiger partial charge in [0.15, 0.2) is 5.96 Å². The molecule has 1 aliphatic heterocycles. The minimum atomic E-state index is 0.514. The molecule has 0 radical (unpaired) electrons. The zero-order chi connectivity index (χ0) is 15.1. The van der Waals surface area contributed by atoms with E-state index in [0.717, 1.165) is 25.3 Å². The third kappa shape index (κ3) is 5.00. The van der Waals surface area contributed by atoms with E-state index in [-0.39, 0.29) is 0 Å². The van der Waals surface area contributed by atoms with Crippen molar-refractivity contribution in [1.29, 1.82) is 0 Å². The molecule has 0 amide bonds. The van der Waals surface area contributed by atoms with Gasteiger partial charge in [-0.3, -0.25) is 9.89 Å². The molecule has 21 heavy (non-hydrogen) atoms. The van der Waals surface area contributed by atoms with E-state index in [2.05, 4.69) is 51.4 Å².